The first kappa shape index (κ1) is 22.9. The van der Waals surface area contributed by atoms with E-state index in [2.05, 4.69) is 0 Å². The van der Waals surface area contributed by atoms with Crippen molar-refractivity contribution in [2.75, 3.05) is 0 Å². The molecule has 30 heavy (non-hydrogen) atoms. The summed E-state index contributed by atoms with van der Waals surface area (Å²) in [7, 11) is 0. The standard InChI is InChI=1S/C26H26O4/c1-15(21-9-11-23(17(3)27)25(13-21)19(5)29)7-8-16(2)22-10-12-24(18(4)28)26(14-22)20(6)30/h7-14H,1-6H3/b15-7+,16-8+. The van der Waals surface area contributed by atoms with Crippen molar-refractivity contribution in [3.63, 3.8) is 0 Å². The Labute approximate surface area is 177 Å². The fourth-order valence-electron chi connectivity index (χ4n) is 3.22. The molecule has 154 valence electrons. The molecule has 0 aromatic heterocycles. The number of benzene rings is 2. The van der Waals surface area contributed by atoms with E-state index < -0.39 is 0 Å². The molecule has 4 heteroatoms. The van der Waals surface area contributed by atoms with Gasteiger partial charge in [-0.1, -0.05) is 36.4 Å². The minimum absolute atomic E-state index is 0.139. The van der Waals surface area contributed by atoms with E-state index in [1.54, 1.807) is 24.3 Å². The highest BCUT2D eigenvalue weighted by Crippen LogP contribution is 2.23. The summed E-state index contributed by atoms with van der Waals surface area (Å²) in [4.78, 5) is 47.3. The number of ketones is 4. The molecule has 0 aliphatic rings. The highest BCUT2D eigenvalue weighted by molar-refractivity contribution is 6.08. The summed E-state index contributed by atoms with van der Waals surface area (Å²) >= 11 is 0. The number of carbonyl (C=O) groups is 4. The zero-order valence-corrected chi connectivity index (χ0v) is 18.3. The Morgan fingerprint density at radius 3 is 1.07 bits per heavy atom. The van der Waals surface area contributed by atoms with Crippen LogP contribution in [-0.2, 0) is 0 Å². The first-order valence-corrected chi connectivity index (χ1v) is 9.70. The van der Waals surface area contributed by atoms with Gasteiger partial charge in [-0.2, -0.15) is 0 Å². The van der Waals surface area contributed by atoms with E-state index >= 15 is 0 Å². The molecule has 0 N–H and O–H groups in total. The van der Waals surface area contributed by atoms with Gasteiger partial charge in [0, 0.05) is 22.3 Å². The van der Waals surface area contributed by atoms with Gasteiger partial charge < -0.3 is 0 Å². The second-order valence-corrected chi connectivity index (χ2v) is 7.44. The number of hydrogen-bond acceptors (Lipinski definition) is 4. The molecule has 0 radical (unpaired) electrons. The summed E-state index contributed by atoms with van der Waals surface area (Å²) in [6.45, 7) is 9.65. The van der Waals surface area contributed by atoms with Gasteiger partial charge in [0.25, 0.3) is 0 Å². The van der Waals surface area contributed by atoms with Crippen molar-refractivity contribution < 1.29 is 19.2 Å². The van der Waals surface area contributed by atoms with Gasteiger partial charge in [0.05, 0.1) is 0 Å². The topological polar surface area (TPSA) is 68.3 Å². The molecule has 0 aliphatic carbocycles. The summed E-state index contributed by atoms with van der Waals surface area (Å²) in [5.41, 5.74) is 5.24. The van der Waals surface area contributed by atoms with Crippen LogP contribution in [0.3, 0.4) is 0 Å². The maximum atomic E-state index is 11.9. The van der Waals surface area contributed by atoms with E-state index in [-0.39, 0.29) is 23.1 Å². The fourth-order valence-corrected chi connectivity index (χ4v) is 3.22. The molecule has 0 saturated heterocycles. The highest BCUT2D eigenvalue weighted by Gasteiger charge is 2.13. The van der Waals surface area contributed by atoms with Crippen molar-refractivity contribution in [3.05, 3.63) is 81.9 Å². The number of Topliss-reactive ketones (excluding diaryl/α,β-unsaturated/α-hetero) is 4. The average molecular weight is 402 g/mol. The first-order chi connectivity index (χ1) is 14.0. The maximum Gasteiger partial charge on any atom is 0.160 e. The molecular weight excluding hydrogens is 376 g/mol. The number of carbonyl (C=O) groups excluding carboxylic acids is 4. The lowest BCUT2D eigenvalue weighted by Gasteiger charge is -2.09. The van der Waals surface area contributed by atoms with E-state index in [4.69, 9.17) is 0 Å². The maximum absolute atomic E-state index is 11.9. The summed E-state index contributed by atoms with van der Waals surface area (Å²) in [6, 6.07) is 10.5. The minimum Gasteiger partial charge on any atom is -0.294 e. The normalized spacial score (nSPS) is 11.9. The van der Waals surface area contributed by atoms with Gasteiger partial charge in [0.1, 0.15) is 0 Å². The summed E-state index contributed by atoms with van der Waals surface area (Å²) in [6.07, 6.45) is 3.85. The molecule has 0 aliphatic heterocycles. The molecule has 0 unspecified atom stereocenters. The van der Waals surface area contributed by atoms with Gasteiger partial charge in [0.2, 0.25) is 0 Å². The van der Waals surface area contributed by atoms with Crippen molar-refractivity contribution in [2.45, 2.75) is 41.5 Å². The molecule has 0 amide bonds. The Balaban J connectivity index is 2.42. The van der Waals surface area contributed by atoms with Gasteiger partial charge in [-0.25, -0.2) is 0 Å². The SMILES string of the molecule is CC(=O)c1ccc(/C(C)=C/C=C(\C)c2ccc(C(C)=O)c(C(C)=O)c2)cc1C(C)=O. The highest BCUT2D eigenvalue weighted by atomic mass is 16.1. The smallest absolute Gasteiger partial charge is 0.160 e. The minimum atomic E-state index is -0.149. The van der Waals surface area contributed by atoms with Crippen LogP contribution in [0, 0.1) is 0 Å². The van der Waals surface area contributed by atoms with Gasteiger partial charge in [-0.15, -0.1) is 0 Å². The van der Waals surface area contributed by atoms with Gasteiger partial charge >= 0.3 is 0 Å². The second kappa shape index (κ2) is 9.40. The average Bonchev–Trinajstić information content (AvgIpc) is 2.70. The molecule has 0 heterocycles. The lowest BCUT2D eigenvalue weighted by atomic mass is 9.94. The predicted octanol–water partition coefficient (Wildman–Crippen LogP) is 6.00. The van der Waals surface area contributed by atoms with E-state index in [1.807, 2.05) is 38.1 Å². The van der Waals surface area contributed by atoms with E-state index in [0.717, 1.165) is 22.3 Å². The van der Waals surface area contributed by atoms with E-state index in [9.17, 15) is 19.2 Å². The van der Waals surface area contributed by atoms with Crippen LogP contribution in [0.2, 0.25) is 0 Å². The molecule has 4 nitrogen and oxygen atoms in total. The predicted molar refractivity (Wildman–Crippen MR) is 120 cm³/mol. The fraction of sp³-hybridized carbons (Fsp3) is 0.231. The molecule has 0 spiro atoms. The van der Waals surface area contributed by atoms with Crippen LogP contribution in [-0.4, -0.2) is 23.1 Å². The zero-order valence-electron chi connectivity index (χ0n) is 18.3. The van der Waals surface area contributed by atoms with E-state index in [0.29, 0.717) is 22.3 Å². The number of hydrogen-bond donors (Lipinski definition) is 0. The second-order valence-electron chi connectivity index (χ2n) is 7.44. The lowest BCUT2D eigenvalue weighted by molar-refractivity contribution is 0.0981. The van der Waals surface area contributed by atoms with Crippen molar-refractivity contribution in [1.29, 1.82) is 0 Å². The lowest BCUT2D eigenvalue weighted by Crippen LogP contribution is -2.04. The van der Waals surface area contributed by atoms with Crippen molar-refractivity contribution in [2.24, 2.45) is 0 Å². The van der Waals surface area contributed by atoms with E-state index in [1.165, 1.54) is 27.7 Å². The molecule has 0 saturated carbocycles. The summed E-state index contributed by atoms with van der Waals surface area (Å²) < 4.78 is 0. The van der Waals surface area contributed by atoms with Crippen LogP contribution in [0.4, 0.5) is 0 Å². The Morgan fingerprint density at radius 1 is 0.500 bits per heavy atom. The van der Waals surface area contributed by atoms with Crippen LogP contribution in [0.1, 0.15) is 94.1 Å². The third kappa shape index (κ3) is 5.15. The third-order valence-corrected chi connectivity index (χ3v) is 5.05. The van der Waals surface area contributed by atoms with Crippen molar-refractivity contribution in [1.82, 2.24) is 0 Å². The van der Waals surface area contributed by atoms with Gasteiger partial charge in [-0.3, -0.25) is 19.2 Å². The summed E-state index contributed by atoms with van der Waals surface area (Å²) in [5, 5.41) is 0. The van der Waals surface area contributed by atoms with Crippen LogP contribution < -0.4 is 0 Å². The Kier molecular flexibility index (Phi) is 7.17. The van der Waals surface area contributed by atoms with Crippen LogP contribution in [0.5, 0.6) is 0 Å². The van der Waals surface area contributed by atoms with Crippen molar-refractivity contribution >= 4 is 34.3 Å². The molecule has 0 bridgehead atoms. The number of rotatable bonds is 7. The largest absolute Gasteiger partial charge is 0.294 e. The first-order valence-electron chi connectivity index (χ1n) is 9.70. The van der Waals surface area contributed by atoms with Crippen LogP contribution in [0.25, 0.3) is 11.1 Å². The molecule has 2 aromatic carbocycles. The zero-order chi connectivity index (χ0) is 22.6. The van der Waals surface area contributed by atoms with Gasteiger partial charge in [0.15, 0.2) is 23.1 Å². The third-order valence-electron chi connectivity index (χ3n) is 5.05. The monoisotopic (exact) mass is 402 g/mol. The summed E-state index contributed by atoms with van der Waals surface area (Å²) in [5.74, 6) is -0.577. The molecular formula is C26H26O4. The number of allylic oxidation sites excluding steroid dienone is 4. The van der Waals surface area contributed by atoms with Crippen molar-refractivity contribution in [3.8, 4) is 0 Å². The quantitative estimate of drug-likeness (QED) is 0.420. The molecule has 0 fully saturated rings. The Morgan fingerprint density at radius 2 is 0.800 bits per heavy atom. The van der Waals surface area contributed by atoms with Crippen LogP contribution in [0.15, 0.2) is 48.6 Å². The molecule has 2 rings (SSSR count). The Bertz CT molecular complexity index is 1020. The molecule has 0 atom stereocenters. The Hall–Kier alpha value is -3.40. The molecule has 2 aromatic rings. The van der Waals surface area contributed by atoms with Gasteiger partial charge in [-0.05, 0) is 75.9 Å². The van der Waals surface area contributed by atoms with Crippen LogP contribution >= 0.6 is 0 Å².